The molecule has 0 saturated carbocycles. The van der Waals surface area contributed by atoms with E-state index in [9.17, 15) is 21.6 Å². The minimum absolute atomic E-state index is 0.0950. The molecule has 2 aromatic carbocycles. The molecule has 0 bridgehead atoms. The van der Waals surface area contributed by atoms with Crippen LogP contribution in [0.25, 0.3) is 5.57 Å². The molecule has 10 heteroatoms. The third-order valence-electron chi connectivity index (χ3n) is 3.39. The van der Waals surface area contributed by atoms with Gasteiger partial charge >= 0.3 is 0 Å². The van der Waals surface area contributed by atoms with Crippen molar-refractivity contribution >= 4 is 41.1 Å². The predicted molar refractivity (Wildman–Crippen MR) is 89.9 cm³/mol. The van der Waals surface area contributed by atoms with Gasteiger partial charge in [0.2, 0.25) is 9.84 Å². The first-order valence-electron chi connectivity index (χ1n) is 6.77. The summed E-state index contributed by atoms with van der Waals surface area (Å²) in [5, 5.41) is 6.15. The highest BCUT2D eigenvalue weighted by Gasteiger charge is 2.35. The van der Waals surface area contributed by atoms with Gasteiger partial charge in [-0.25, -0.2) is 16.8 Å². The van der Waals surface area contributed by atoms with E-state index in [1.54, 1.807) is 6.07 Å². The fourth-order valence-electron chi connectivity index (χ4n) is 2.30. The van der Waals surface area contributed by atoms with Gasteiger partial charge in [-0.15, -0.1) is 10.2 Å². The average Bonchev–Trinajstić information content (AvgIpc) is 2.97. The first-order valence-corrected chi connectivity index (χ1v) is 10.6. The lowest BCUT2D eigenvalue weighted by molar-refractivity contribution is -0.112. The summed E-state index contributed by atoms with van der Waals surface area (Å²) in [4.78, 5) is 11.6. The number of amides is 1. The molecule has 0 aromatic heterocycles. The van der Waals surface area contributed by atoms with E-state index in [0.29, 0.717) is 0 Å². The van der Waals surface area contributed by atoms with Crippen molar-refractivity contribution in [2.45, 2.75) is 9.79 Å². The minimum Gasteiger partial charge on any atom is -0.265 e. The summed E-state index contributed by atoms with van der Waals surface area (Å²) in [6, 6.07) is 12.6. The van der Waals surface area contributed by atoms with Crippen LogP contribution in [-0.2, 0) is 23.7 Å². The van der Waals surface area contributed by atoms with Crippen LogP contribution in [0.5, 0.6) is 0 Å². The summed E-state index contributed by atoms with van der Waals surface area (Å²) in [6.07, 6.45) is 0. The van der Waals surface area contributed by atoms with Crippen molar-refractivity contribution < 1.29 is 21.6 Å². The third kappa shape index (κ3) is 3.13. The average molecular weight is 397 g/mol. The molecule has 0 N–H and O–H groups in total. The van der Waals surface area contributed by atoms with E-state index < -0.39 is 40.3 Å². The van der Waals surface area contributed by atoms with E-state index in [-0.39, 0.29) is 10.5 Å². The molecule has 1 aliphatic heterocycles. The van der Waals surface area contributed by atoms with E-state index in [4.69, 9.17) is 10.7 Å². The Balaban J connectivity index is 2.32. The summed E-state index contributed by atoms with van der Waals surface area (Å²) in [7, 11) is -2.99. The van der Waals surface area contributed by atoms with Crippen molar-refractivity contribution in [1.29, 1.82) is 0 Å². The molecule has 1 amide bonds. The fraction of sp³-hybridized carbons (Fsp3) is 0. The predicted octanol–water partition coefficient (Wildman–Crippen LogP) is 2.75. The molecule has 7 nitrogen and oxygen atoms in total. The van der Waals surface area contributed by atoms with Gasteiger partial charge in [0.15, 0.2) is 5.03 Å². The van der Waals surface area contributed by atoms with Gasteiger partial charge in [-0.05, 0) is 18.2 Å². The molecule has 0 unspecified atom stereocenters. The fourth-order valence-corrected chi connectivity index (χ4v) is 4.73. The molecule has 128 valence electrons. The van der Waals surface area contributed by atoms with Crippen LogP contribution in [0, 0.1) is 0 Å². The number of azo groups is 1. The van der Waals surface area contributed by atoms with Gasteiger partial charge in [0.1, 0.15) is 0 Å². The Morgan fingerprint density at radius 1 is 0.800 bits per heavy atom. The van der Waals surface area contributed by atoms with Crippen molar-refractivity contribution in [3.8, 4) is 0 Å². The second-order valence-corrected chi connectivity index (χ2v) is 9.34. The standard InChI is InChI=1S/C15H9ClN2O5S2/c16-25(22,23)12-9-5-4-8-11(12)13-14(19)17-18-15(13)24(20,21)10-6-2-1-3-7-10/h1-9H. The third-order valence-corrected chi connectivity index (χ3v) is 6.45. The lowest BCUT2D eigenvalue weighted by atomic mass is 10.1. The second-order valence-electron chi connectivity index (χ2n) is 4.94. The summed E-state index contributed by atoms with van der Waals surface area (Å²) >= 11 is 0. The quantitative estimate of drug-likeness (QED) is 0.738. The molecule has 0 atom stereocenters. The van der Waals surface area contributed by atoms with E-state index in [2.05, 4.69) is 10.2 Å². The van der Waals surface area contributed by atoms with Crippen LogP contribution in [0.15, 0.2) is 79.6 Å². The molecule has 2 aromatic rings. The molecule has 0 spiro atoms. The Kier molecular flexibility index (Phi) is 4.31. The molecular formula is C15H9ClN2O5S2. The molecule has 0 fully saturated rings. The first kappa shape index (κ1) is 17.5. The highest BCUT2D eigenvalue weighted by atomic mass is 35.7. The minimum atomic E-state index is -4.22. The number of benzene rings is 2. The van der Waals surface area contributed by atoms with Gasteiger partial charge in [-0.1, -0.05) is 36.4 Å². The monoisotopic (exact) mass is 396 g/mol. The lowest BCUT2D eigenvalue weighted by Gasteiger charge is -2.08. The van der Waals surface area contributed by atoms with Crippen LogP contribution in [0.4, 0.5) is 0 Å². The molecule has 0 aliphatic carbocycles. The SMILES string of the molecule is O=C1N=NC(S(=O)(=O)c2ccccc2)=C1c1ccccc1S(=O)(=O)Cl. The van der Waals surface area contributed by atoms with Crippen LogP contribution in [0.1, 0.15) is 5.56 Å². The highest BCUT2D eigenvalue weighted by Crippen LogP contribution is 2.36. The van der Waals surface area contributed by atoms with E-state index in [1.165, 1.54) is 48.5 Å². The van der Waals surface area contributed by atoms with Crippen molar-refractivity contribution in [2.24, 2.45) is 10.2 Å². The Hall–Kier alpha value is -2.36. The molecule has 3 rings (SSSR count). The van der Waals surface area contributed by atoms with Gasteiger partial charge in [0, 0.05) is 16.2 Å². The van der Waals surface area contributed by atoms with Gasteiger partial charge in [0.05, 0.1) is 15.4 Å². The Morgan fingerprint density at radius 2 is 1.40 bits per heavy atom. The molecule has 0 saturated heterocycles. The number of sulfone groups is 1. The number of halogens is 1. The van der Waals surface area contributed by atoms with E-state index in [0.717, 1.165) is 0 Å². The van der Waals surface area contributed by atoms with Crippen molar-refractivity contribution in [2.75, 3.05) is 0 Å². The topological polar surface area (TPSA) is 110 Å². The molecule has 25 heavy (non-hydrogen) atoms. The van der Waals surface area contributed by atoms with Crippen LogP contribution in [0.2, 0.25) is 0 Å². The number of carbonyl (C=O) groups excluding carboxylic acids is 1. The van der Waals surface area contributed by atoms with E-state index >= 15 is 0 Å². The van der Waals surface area contributed by atoms with Crippen molar-refractivity contribution in [3.63, 3.8) is 0 Å². The summed E-state index contributed by atoms with van der Waals surface area (Å²) < 4.78 is 49.1. The van der Waals surface area contributed by atoms with Gasteiger partial charge in [0.25, 0.3) is 15.0 Å². The zero-order chi connectivity index (χ0) is 18.2. The van der Waals surface area contributed by atoms with Crippen LogP contribution in [-0.4, -0.2) is 22.7 Å². The molecule has 1 heterocycles. The molecular weight excluding hydrogens is 388 g/mol. The molecule has 1 aliphatic rings. The van der Waals surface area contributed by atoms with E-state index in [1.807, 2.05) is 0 Å². The second kappa shape index (κ2) is 6.17. The van der Waals surface area contributed by atoms with Crippen LogP contribution >= 0.6 is 10.7 Å². The van der Waals surface area contributed by atoms with Gasteiger partial charge < -0.3 is 0 Å². The Morgan fingerprint density at radius 3 is 2.04 bits per heavy atom. The Bertz CT molecular complexity index is 1140. The van der Waals surface area contributed by atoms with Gasteiger partial charge in [-0.2, -0.15) is 0 Å². The van der Waals surface area contributed by atoms with Gasteiger partial charge in [-0.3, -0.25) is 4.79 Å². The maximum Gasteiger partial charge on any atom is 0.299 e. The summed E-state index contributed by atoms with van der Waals surface area (Å²) in [6.45, 7) is 0. The lowest BCUT2D eigenvalue weighted by Crippen LogP contribution is -2.08. The maximum atomic E-state index is 12.8. The number of hydrogen-bond acceptors (Lipinski definition) is 6. The zero-order valence-corrected chi connectivity index (χ0v) is 14.7. The number of rotatable bonds is 4. The number of carbonyl (C=O) groups is 1. The largest absolute Gasteiger partial charge is 0.299 e. The first-order chi connectivity index (χ1) is 11.7. The van der Waals surface area contributed by atoms with Crippen molar-refractivity contribution in [1.82, 2.24) is 0 Å². The maximum absolute atomic E-state index is 12.8. The van der Waals surface area contributed by atoms with Crippen LogP contribution in [0.3, 0.4) is 0 Å². The zero-order valence-electron chi connectivity index (χ0n) is 12.3. The summed E-state index contributed by atoms with van der Waals surface area (Å²) in [5.74, 6) is -0.956. The van der Waals surface area contributed by atoms with Crippen molar-refractivity contribution in [3.05, 3.63) is 65.2 Å². The Labute approximate surface area is 148 Å². The number of nitrogens with zero attached hydrogens (tertiary/aromatic N) is 2. The summed E-state index contributed by atoms with van der Waals surface area (Å²) in [5.41, 5.74) is -0.592. The smallest absolute Gasteiger partial charge is 0.265 e. The number of hydrogen-bond donors (Lipinski definition) is 0. The van der Waals surface area contributed by atoms with Crippen LogP contribution < -0.4 is 0 Å². The normalized spacial score (nSPS) is 15.0. The highest BCUT2D eigenvalue weighted by molar-refractivity contribution is 8.13. The molecule has 0 radical (unpaired) electrons.